The van der Waals surface area contributed by atoms with Gasteiger partial charge in [-0.05, 0) is 12.8 Å². The van der Waals surface area contributed by atoms with Gasteiger partial charge in [-0.2, -0.15) is 0 Å². The van der Waals surface area contributed by atoms with E-state index in [0.29, 0.717) is 18.8 Å². The zero-order valence-electron chi connectivity index (χ0n) is 15.7. The summed E-state index contributed by atoms with van der Waals surface area (Å²) in [6.45, 7) is 5.07. The molecule has 1 aliphatic carbocycles. The first-order chi connectivity index (χ1) is 12.2. The van der Waals surface area contributed by atoms with Gasteiger partial charge in [-0.25, -0.2) is 4.79 Å². The average molecular weight is 348 g/mol. The van der Waals surface area contributed by atoms with E-state index in [1.54, 1.807) is 30.4 Å². The van der Waals surface area contributed by atoms with E-state index in [1.807, 2.05) is 0 Å². The van der Waals surface area contributed by atoms with Crippen molar-refractivity contribution in [1.82, 2.24) is 0 Å². The van der Waals surface area contributed by atoms with Crippen LogP contribution in [0.15, 0.2) is 36.0 Å². The van der Waals surface area contributed by atoms with Crippen molar-refractivity contribution in [3.8, 4) is 0 Å². The lowest BCUT2D eigenvalue weighted by molar-refractivity contribution is -0.149. The molecule has 0 aromatic heterocycles. The van der Waals surface area contributed by atoms with E-state index >= 15 is 0 Å². The summed E-state index contributed by atoms with van der Waals surface area (Å²) in [6.07, 6.45) is 17.0. The van der Waals surface area contributed by atoms with E-state index < -0.39 is 11.9 Å². The third kappa shape index (κ3) is 8.71. The molecule has 0 saturated carbocycles. The van der Waals surface area contributed by atoms with E-state index in [9.17, 15) is 9.59 Å². The van der Waals surface area contributed by atoms with Gasteiger partial charge >= 0.3 is 11.9 Å². The van der Waals surface area contributed by atoms with Crippen molar-refractivity contribution in [2.45, 2.75) is 65.2 Å². The minimum absolute atomic E-state index is 0.346. The van der Waals surface area contributed by atoms with Crippen LogP contribution in [0.25, 0.3) is 0 Å². The van der Waals surface area contributed by atoms with E-state index in [1.165, 1.54) is 0 Å². The molecule has 0 heterocycles. The number of hydrogen-bond donors (Lipinski definition) is 0. The number of unbranched alkanes of at least 4 members (excludes halogenated alkanes) is 6. The number of esters is 2. The van der Waals surface area contributed by atoms with Gasteiger partial charge in [0.15, 0.2) is 0 Å². The highest BCUT2D eigenvalue weighted by atomic mass is 16.5. The van der Waals surface area contributed by atoms with Crippen LogP contribution in [-0.4, -0.2) is 25.2 Å². The molecule has 0 aromatic carbocycles. The first-order valence-electron chi connectivity index (χ1n) is 9.59. The minimum Gasteiger partial charge on any atom is -0.465 e. The number of carbonyl (C=O) groups is 2. The largest absolute Gasteiger partial charge is 0.465 e. The van der Waals surface area contributed by atoms with Crippen LogP contribution in [0.2, 0.25) is 0 Å². The first kappa shape index (κ1) is 21.2. The van der Waals surface area contributed by atoms with E-state index in [4.69, 9.17) is 9.47 Å². The van der Waals surface area contributed by atoms with E-state index in [-0.39, 0.29) is 5.97 Å². The summed E-state index contributed by atoms with van der Waals surface area (Å²) in [5.74, 6) is -1.50. The molecule has 4 heteroatoms. The highest BCUT2D eigenvalue weighted by molar-refractivity contribution is 5.97. The Balaban J connectivity index is 2.51. The highest BCUT2D eigenvalue weighted by Crippen LogP contribution is 2.20. The Morgan fingerprint density at radius 1 is 0.840 bits per heavy atom. The predicted octanol–water partition coefficient (Wildman–Crippen LogP) is 4.90. The summed E-state index contributed by atoms with van der Waals surface area (Å²) < 4.78 is 10.7. The molecular weight excluding hydrogens is 316 g/mol. The van der Waals surface area contributed by atoms with Gasteiger partial charge in [-0.1, -0.05) is 82.8 Å². The quantitative estimate of drug-likeness (QED) is 0.372. The fourth-order valence-corrected chi connectivity index (χ4v) is 2.57. The molecule has 4 nitrogen and oxygen atoms in total. The van der Waals surface area contributed by atoms with Crippen molar-refractivity contribution >= 4 is 11.9 Å². The molecule has 1 aliphatic rings. The lowest BCUT2D eigenvalue weighted by Gasteiger charge is -2.15. The van der Waals surface area contributed by atoms with Gasteiger partial charge in [0.1, 0.15) is 5.92 Å². The normalized spacial score (nSPS) is 16.2. The molecule has 0 amide bonds. The van der Waals surface area contributed by atoms with Gasteiger partial charge in [0.05, 0.1) is 18.8 Å². The van der Waals surface area contributed by atoms with Crippen molar-refractivity contribution in [3.63, 3.8) is 0 Å². The minimum atomic E-state index is -0.690. The Kier molecular flexibility index (Phi) is 11.4. The summed E-state index contributed by atoms with van der Waals surface area (Å²) in [5, 5.41) is 0. The summed E-state index contributed by atoms with van der Waals surface area (Å²) in [5.41, 5.74) is 0.346. The standard InChI is InChI=1S/C21H32O4/c1-3-5-7-12-16-24-20(22)18-14-10-9-11-15-19(18)21(23)25-17-13-8-6-4-2/h9-11,14-15,18H,3-8,12-13,16-17H2,1-2H3. The molecule has 0 spiro atoms. The van der Waals surface area contributed by atoms with Gasteiger partial charge in [0, 0.05) is 0 Å². The molecule has 1 rings (SSSR count). The van der Waals surface area contributed by atoms with Crippen LogP contribution in [0.3, 0.4) is 0 Å². The lowest BCUT2D eigenvalue weighted by Crippen LogP contribution is -2.24. The number of ether oxygens (including phenoxy) is 2. The molecule has 1 atom stereocenters. The maximum atomic E-state index is 12.4. The van der Waals surface area contributed by atoms with Gasteiger partial charge in [0.2, 0.25) is 0 Å². The van der Waals surface area contributed by atoms with E-state index in [0.717, 1.165) is 51.4 Å². The van der Waals surface area contributed by atoms with Gasteiger partial charge in [-0.3, -0.25) is 4.79 Å². The number of rotatable bonds is 12. The van der Waals surface area contributed by atoms with E-state index in [2.05, 4.69) is 13.8 Å². The van der Waals surface area contributed by atoms with Crippen LogP contribution in [0.1, 0.15) is 65.2 Å². The Morgan fingerprint density at radius 2 is 1.48 bits per heavy atom. The predicted molar refractivity (Wildman–Crippen MR) is 100 cm³/mol. The summed E-state index contributed by atoms with van der Waals surface area (Å²) in [6, 6.07) is 0. The number of carbonyl (C=O) groups excluding carboxylic acids is 2. The van der Waals surface area contributed by atoms with Crippen LogP contribution in [0.5, 0.6) is 0 Å². The van der Waals surface area contributed by atoms with Crippen LogP contribution in [0.4, 0.5) is 0 Å². The van der Waals surface area contributed by atoms with Crippen LogP contribution in [-0.2, 0) is 19.1 Å². The summed E-state index contributed by atoms with van der Waals surface area (Å²) in [4.78, 5) is 24.7. The average Bonchev–Trinajstić information content (AvgIpc) is 2.87. The second-order valence-electron chi connectivity index (χ2n) is 6.29. The molecule has 0 fully saturated rings. The van der Waals surface area contributed by atoms with Crippen molar-refractivity contribution in [2.24, 2.45) is 5.92 Å². The maximum absolute atomic E-state index is 12.4. The fraction of sp³-hybridized carbons (Fsp3) is 0.619. The topological polar surface area (TPSA) is 52.6 Å². The maximum Gasteiger partial charge on any atom is 0.335 e. The molecule has 25 heavy (non-hydrogen) atoms. The third-order valence-corrected chi connectivity index (χ3v) is 4.10. The Morgan fingerprint density at radius 3 is 2.12 bits per heavy atom. The first-order valence-corrected chi connectivity index (χ1v) is 9.59. The van der Waals surface area contributed by atoms with Crippen molar-refractivity contribution in [1.29, 1.82) is 0 Å². The zero-order valence-corrected chi connectivity index (χ0v) is 15.7. The molecule has 0 aliphatic heterocycles. The molecular formula is C21H32O4. The fourth-order valence-electron chi connectivity index (χ4n) is 2.57. The van der Waals surface area contributed by atoms with Gasteiger partial charge < -0.3 is 9.47 Å². The highest BCUT2D eigenvalue weighted by Gasteiger charge is 2.28. The van der Waals surface area contributed by atoms with Crippen molar-refractivity contribution < 1.29 is 19.1 Å². The molecule has 1 unspecified atom stereocenters. The SMILES string of the molecule is CCCCCCOC(=O)C1=CC=CC=CC1C(=O)OCCCCCC. The second kappa shape index (κ2) is 13.5. The molecule has 0 bridgehead atoms. The second-order valence-corrected chi connectivity index (χ2v) is 6.29. The smallest absolute Gasteiger partial charge is 0.335 e. The summed E-state index contributed by atoms with van der Waals surface area (Å²) >= 11 is 0. The molecule has 0 radical (unpaired) electrons. The van der Waals surface area contributed by atoms with Crippen LogP contribution >= 0.6 is 0 Å². The Bertz CT molecular complexity index is 488. The molecule has 0 N–H and O–H groups in total. The summed E-state index contributed by atoms with van der Waals surface area (Å²) in [7, 11) is 0. The lowest BCUT2D eigenvalue weighted by atomic mass is 9.99. The molecule has 0 aromatic rings. The van der Waals surface area contributed by atoms with Crippen molar-refractivity contribution in [2.75, 3.05) is 13.2 Å². The van der Waals surface area contributed by atoms with Crippen LogP contribution < -0.4 is 0 Å². The van der Waals surface area contributed by atoms with Crippen LogP contribution in [0, 0.1) is 5.92 Å². The van der Waals surface area contributed by atoms with Gasteiger partial charge in [-0.15, -0.1) is 0 Å². The Labute approximate surface area is 152 Å². The van der Waals surface area contributed by atoms with Gasteiger partial charge in [0.25, 0.3) is 0 Å². The number of allylic oxidation sites excluding steroid dienone is 4. The Hall–Kier alpha value is -1.84. The zero-order chi connectivity index (χ0) is 18.3. The number of hydrogen-bond acceptors (Lipinski definition) is 4. The molecule has 140 valence electrons. The molecule has 0 saturated heterocycles. The monoisotopic (exact) mass is 348 g/mol. The van der Waals surface area contributed by atoms with Crippen molar-refractivity contribution in [3.05, 3.63) is 36.0 Å². The third-order valence-electron chi connectivity index (χ3n) is 4.10.